The highest BCUT2D eigenvalue weighted by Crippen LogP contribution is 2.27. The van der Waals surface area contributed by atoms with E-state index in [0.717, 1.165) is 48.2 Å². The van der Waals surface area contributed by atoms with Crippen LogP contribution in [0.1, 0.15) is 31.7 Å². The summed E-state index contributed by atoms with van der Waals surface area (Å²) >= 11 is 0. The number of morpholine rings is 1. The first-order valence-corrected chi connectivity index (χ1v) is 9.77. The van der Waals surface area contributed by atoms with Gasteiger partial charge in [0, 0.05) is 25.2 Å². The standard InChI is InChI=1S/C22H28N2O3/c1-14-11-24-12-19(10-20(24)13-27-14)23-22(25)15(2)16-4-5-18-9-21(26-3)7-6-17(18)8-16/h4-9,14-15,19-20H,10-13H2,1-3H3,(H,23,25)/t14-,15+,19-,20+/m1/s1. The van der Waals surface area contributed by atoms with Crippen LogP contribution in [0.2, 0.25) is 0 Å². The van der Waals surface area contributed by atoms with Gasteiger partial charge in [-0.25, -0.2) is 0 Å². The number of carbonyl (C=O) groups excluding carboxylic acids is 1. The van der Waals surface area contributed by atoms with Crippen molar-refractivity contribution >= 4 is 16.7 Å². The monoisotopic (exact) mass is 368 g/mol. The Balaban J connectivity index is 1.42. The van der Waals surface area contributed by atoms with Crippen molar-refractivity contribution in [3.8, 4) is 5.75 Å². The zero-order chi connectivity index (χ0) is 19.0. The molecular formula is C22H28N2O3. The molecular weight excluding hydrogens is 340 g/mol. The molecule has 2 saturated heterocycles. The molecule has 0 aliphatic carbocycles. The van der Waals surface area contributed by atoms with E-state index in [1.54, 1.807) is 7.11 Å². The van der Waals surface area contributed by atoms with Crippen molar-refractivity contribution in [2.45, 2.75) is 44.4 Å². The fourth-order valence-corrected chi connectivity index (χ4v) is 4.26. The molecule has 2 fully saturated rings. The van der Waals surface area contributed by atoms with Gasteiger partial charge in [0.15, 0.2) is 0 Å². The third kappa shape index (κ3) is 3.80. The fraction of sp³-hybridized carbons (Fsp3) is 0.500. The van der Waals surface area contributed by atoms with Gasteiger partial charge in [0.25, 0.3) is 0 Å². The molecule has 5 nitrogen and oxygen atoms in total. The van der Waals surface area contributed by atoms with Crippen molar-refractivity contribution in [1.29, 1.82) is 0 Å². The molecule has 0 saturated carbocycles. The van der Waals surface area contributed by atoms with E-state index in [0.29, 0.717) is 6.04 Å². The van der Waals surface area contributed by atoms with Gasteiger partial charge >= 0.3 is 0 Å². The summed E-state index contributed by atoms with van der Waals surface area (Å²) in [6.45, 7) is 6.75. The van der Waals surface area contributed by atoms with Crippen molar-refractivity contribution in [1.82, 2.24) is 10.2 Å². The molecule has 4 rings (SSSR count). The van der Waals surface area contributed by atoms with Gasteiger partial charge in [-0.15, -0.1) is 0 Å². The van der Waals surface area contributed by atoms with E-state index in [1.165, 1.54) is 0 Å². The van der Waals surface area contributed by atoms with Crippen LogP contribution in [-0.4, -0.2) is 55.8 Å². The second kappa shape index (κ2) is 7.49. The number of nitrogens with one attached hydrogen (secondary N) is 1. The van der Waals surface area contributed by atoms with Gasteiger partial charge in [0.05, 0.1) is 25.7 Å². The summed E-state index contributed by atoms with van der Waals surface area (Å²) in [7, 11) is 1.67. The Kier molecular flexibility index (Phi) is 5.06. The van der Waals surface area contributed by atoms with Crippen LogP contribution in [0.5, 0.6) is 5.75 Å². The summed E-state index contributed by atoms with van der Waals surface area (Å²) in [5.41, 5.74) is 1.04. The molecule has 0 radical (unpaired) electrons. The van der Waals surface area contributed by atoms with E-state index < -0.39 is 0 Å². The number of carbonyl (C=O) groups is 1. The van der Waals surface area contributed by atoms with Gasteiger partial charge < -0.3 is 14.8 Å². The van der Waals surface area contributed by atoms with Gasteiger partial charge in [-0.05, 0) is 48.7 Å². The molecule has 2 aliphatic heterocycles. The lowest BCUT2D eigenvalue weighted by molar-refractivity contribution is -0.122. The van der Waals surface area contributed by atoms with Crippen LogP contribution in [0.25, 0.3) is 10.8 Å². The maximum absolute atomic E-state index is 12.8. The Labute approximate surface area is 160 Å². The molecule has 1 amide bonds. The SMILES string of the molecule is COc1ccc2cc([C@H](C)C(=O)N[C@@H]3C[C@H]4CO[C@H](C)CN4C3)ccc2c1. The minimum atomic E-state index is -0.177. The lowest BCUT2D eigenvalue weighted by atomic mass is 9.96. The number of amides is 1. The zero-order valence-electron chi connectivity index (χ0n) is 16.3. The smallest absolute Gasteiger partial charge is 0.227 e. The van der Waals surface area contributed by atoms with Gasteiger partial charge in [0.1, 0.15) is 5.75 Å². The van der Waals surface area contributed by atoms with Crippen LogP contribution in [0, 0.1) is 0 Å². The minimum absolute atomic E-state index is 0.0988. The Bertz CT molecular complexity index is 837. The predicted octanol–water partition coefficient (Wildman–Crippen LogP) is 2.93. The van der Waals surface area contributed by atoms with Gasteiger partial charge in [0.2, 0.25) is 5.91 Å². The summed E-state index contributed by atoms with van der Waals surface area (Å²) in [6, 6.07) is 12.9. The maximum Gasteiger partial charge on any atom is 0.227 e. The van der Waals surface area contributed by atoms with Crippen LogP contribution in [0.15, 0.2) is 36.4 Å². The quantitative estimate of drug-likeness (QED) is 0.902. The largest absolute Gasteiger partial charge is 0.497 e. The van der Waals surface area contributed by atoms with E-state index in [4.69, 9.17) is 9.47 Å². The van der Waals surface area contributed by atoms with Crippen molar-refractivity contribution < 1.29 is 14.3 Å². The minimum Gasteiger partial charge on any atom is -0.497 e. The molecule has 0 spiro atoms. The van der Waals surface area contributed by atoms with Crippen molar-refractivity contribution in [2.24, 2.45) is 0 Å². The zero-order valence-corrected chi connectivity index (χ0v) is 16.3. The summed E-state index contributed by atoms with van der Waals surface area (Å²) in [5, 5.41) is 5.50. The maximum atomic E-state index is 12.8. The molecule has 144 valence electrons. The summed E-state index contributed by atoms with van der Waals surface area (Å²) in [5.74, 6) is 0.767. The fourth-order valence-electron chi connectivity index (χ4n) is 4.26. The summed E-state index contributed by atoms with van der Waals surface area (Å²) in [4.78, 5) is 15.3. The molecule has 0 unspecified atom stereocenters. The molecule has 2 heterocycles. The van der Waals surface area contributed by atoms with Crippen LogP contribution >= 0.6 is 0 Å². The first-order chi connectivity index (χ1) is 13.0. The van der Waals surface area contributed by atoms with Gasteiger partial charge in [-0.2, -0.15) is 0 Å². The summed E-state index contributed by atoms with van der Waals surface area (Å²) < 4.78 is 11.0. The van der Waals surface area contributed by atoms with E-state index in [1.807, 2.05) is 31.2 Å². The highest BCUT2D eigenvalue weighted by molar-refractivity contribution is 5.88. The molecule has 0 aromatic heterocycles. The first kappa shape index (κ1) is 18.3. The number of rotatable bonds is 4. The second-order valence-electron chi connectivity index (χ2n) is 7.89. The molecule has 2 aromatic rings. The lowest BCUT2D eigenvalue weighted by Crippen LogP contribution is -2.45. The Morgan fingerprint density at radius 3 is 2.81 bits per heavy atom. The normalized spacial score (nSPS) is 26.6. The molecule has 2 aromatic carbocycles. The number of methoxy groups -OCH3 is 1. The van der Waals surface area contributed by atoms with E-state index >= 15 is 0 Å². The van der Waals surface area contributed by atoms with Crippen molar-refractivity contribution in [3.05, 3.63) is 42.0 Å². The number of fused-ring (bicyclic) bond motifs is 2. The molecule has 1 N–H and O–H groups in total. The highest BCUT2D eigenvalue weighted by atomic mass is 16.5. The van der Waals surface area contributed by atoms with Crippen molar-refractivity contribution in [3.63, 3.8) is 0 Å². The highest BCUT2D eigenvalue weighted by Gasteiger charge is 2.37. The molecule has 0 bridgehead atoms. The third-order valence-corrected chi connectivity index (χ3v) is 5.90. The van der Waals surface area contributed by atoms with Crippen LogP contribution in [0.4, 0.5) is 0 Å². The van der Waals surface area contributed by atoms with E-state index in [9.17, 15) is 4.79 Å². The van der Waals surface area contributed by atoms with E-state index in [-0.39, 0.29) is 24.0 Å². The lowest BCUT2D eigenvalue weighted by Gasteiger charge is -2.33. The Morgan fingerprint density at radius 2 is 2.00 bits per heavy atom. The predicted molar refractivity (Wildman–Crippen MR) is 106 cm³/mol. The van der Waals surface area contributed by atoms with Crippen LogP contribution in [0.3, 0.4) is 0 Å². The van der Waals surface area contributed by atoms with Crippen molar-refractivity contribution in [2.75, 3.05) is 26.8 Å². The average Bonchev–Trinajstić information content (AvgIpc) is 3.07. The molecule has 4 atom stereocenters. The Morgan fingerprint density at radius 1 is 1.22 bits per heavy atom. The van der Waals surface area contributed by atoms with E-state index in [2.05, 4.69) is 29.3 Å². The number of hydrogen-bond acceptors (Lipinski definition) is 4. The second-order valence-corrected chi connectivity index (χ2v) is 7.89. The average molecular weight is 368 g/mol. The molecule has 27 heavy (non-hydrogen) atoms. The Hall–Kier alpha value is -2.11. The van der Waals surface area contributed by atoms with Gasteiger partial charge in [-0.1, -0.05) is 24.3 Å². The molecule has 5 heteroatoms. The van der Waals surface area contributed by atoms with Crippen LogP contribution in [-0.2, 0) is 9.53 Å². The number of benzene rings is 2. The number of ether oxygens (including phenoxy) is 2. The number of nitrogens with zero attached hydrogens (tertiary/aromatic N) is 1. The summed E-state index contributed by atoms with van der Waals surface area (Å²) in [6.07, 6.45) is 1.26. The van der Waals surface area contributed by atoms with Crippen LogP contribution < -0.4 is 10.1 Å². The number of hydrogen-bond donors (Lipinski definition) is 1. The van der Waals surface area contributed by atoms with Gasteiger partial charge in [-0.3, -0.25) is 9.69 Å². The molecule has 2 aliphatic rings. The topological polar surface area (TPSA) is 50.8 Å². The third-order valence-electron chi connectivity index (χ3n) is 5.90. The first-order valence-electron chi connectivity index (χ1n) is 9.77.